The molecule has 0 radical (unpaired) electrons. The van der Waals surface area contributed by atoms with Crippen molar-refractivity contribution in [1.29, 1.82) is 0 Å². The molecule has 1 aromatic heterocycles. The lowest BCUT2D eigenvalue weighted by Gasteiger charge is -2.38. The van der Waals surface area contributed by atoms with Crippen LogP contribution in [0, 0.1) is 0 Å². The first-order valence-corrected chi connectivity index (χ1v) is 7.13. The van der Waals surface area contributed by atoms with Crippen LogP contribution in [0.5, 0.6) is 5.75 Å². The molecule has 1 N–H and O–H groups in total. The van der Waals surface area contributed by atoms with E-state index in [1.807, 2.05) is 24.4 Å². The van der Waals surface area contributed by atoms with Gasteiger partial charge in [-0.2, -0.15) is 0 Å². The first-order chi connectivity index (χ1) is 9.83. The maximum Gasteiger partial charge on any atom is 0.136 e. The predicted octanol–water partition coefficient (Wildman–Crippen LogP) is 2.59. The molecule has 1 fully saturated rings. The molecule has 1 aliphatic rings. The third-order valence-corrected chi connectivity index (χ3v) is 4.08. The van der Waals surface area contributed by atoms with Crippen molar-refractivity contribution in [2.24, 2.45) is 0 Å². The van der Waals surface area contributed by atoms with Crippen molar-refractivity contribution in [1.82, 2.24) is 4.98 Å². The number of methoxy groups -OCH3 is 1. The van der Waals surface area contributed by atoms with Crippen LogP contribution >= 0.6 is 0 Å². The average Bonchev–Trinajstić information content (AvgIpc) is 2.43. The molecule has 4 nitrogen and oxygen atoms in total. The van der Waals surface area contributed by atoms with E-state index in [9.17, 15) is 5.11 Å². The molecule has 106 valence electrons. The second kappa shape index (κ2) is 5.67. The fraction of sp³-hybridized carbons (Fsp3) is 0.438. The topological polar surface area (TPSA) is 45.6 Å². The Morgan fingerprint density at radius 1 is 1.35 bits per heavy atom. The Bertz CT molecular complexity index is 596. The summed E-state index contributed by atoms with van der Waals surface area (Å²) >= 11 is 0. The third-order valence-electron chi connectivity index (χ3n) is 4.08. The fourth-order valence-corrected chi connectivity index (χ4v) is 2.76. The number of aliphatic hydroxyl groups excluding tert-OH is 1. The average molecular weight is 272 g/mol. The Morgan fingerprint density at radius 2 is 2.20 bits per heavy atom. The largest absolute Gasteiger partial charge is 0.497 e. The van der Waals surface area contributed by atoms with Crippen LogP contribution in [-0.2, 0) is 0 Å². The Kier molecular flexibility index (Phi) is 3.74. The van der Waals surface area contributed by atoms with Crippen LogP contribution in [0.25, 0.3) is 10.8 Å². The Morgan fingerprint density at radius 3 is 2.85 bits per heavy atom. The van der Waals surface area contributed by atoms with Crippen LogP contribution < -0.4 is 9.64 Å². The number of rotatable bonds is 5. The summed E-state index contributed by atoms with van der Waals surface area (Å²) in [6.45, 7) is 0.799. The van der Waals surface area contributed by atoms with Gasteiger partial charge >= 0.3 is 0 Å². The molecule has 0 aliphatic heterocycles. The monoisotopic (exact) mass is 272 g/mol. The molecule has 1 saturated carbocycles. The van der Waals surface area contributed by atoms with Crippen LogP contribution in [0.15, 0.2) is 30.5 Å². The molecule has 0 bridgehead atoms. The minimum atomic E-state index is 0.157. The van der Waals surface area contributed by atoms with Crippen LogP contribution in [0.2, 0.25) is 0 Å². The molecule has 1 heterocycles. The summed E-state index contributed by atoms with van der Waals surface area (Å²) in [6, 6.07) is 8.56. The number of hydrogen-bond donors (Lipinski definition) is 1. The molecular weight excluding hydrogens is 252 g/mol. The highest BCUT2D eigenvalue weighted by Gasteiger charge is 2.26. The molecule has 0 unspecified atom stereocenters. The third kappa shape index (κ3) is 2.31. The fourth-order valence-electron chi connectivity index (χ4n) is 2.76. The number of hydrogen-bond acceptors (Lipinski definition) is 4. The van der Waals surface area contributed by atoms with Crippen molar-refractivity contribution in [3.05, 3.63) is 30.5 Å². The SMILES string of the molecule is COc1ccc2c(N(CCO)C3CCC3)nccc2c1. The van der Waals surface area contributed by atoms with Crippen LogP contribution in [-0.4, -0.2) is 36.4 Å². The molecule has 1 aromatic carbocycles. The summed E-state index contributed by atoms with van der Waals surface area (Å²) in [6.07, 6.45) is 5.48. The van der Waals surface area contributed by atoms with Gasteiger partial charge in [0.1, 0.15) is 11.6 Å². The van der Waals surface area contributed by atoms with E-state index in [1.165, 1.54) is 19.3 Å². The Hall–Kier alpha value is -1.81. The van der Waals surface area contributed by atoms with Crippen LogP contribution in [0.3, 0.4) is 0 Å². The number of fused-ring (bicyclic) bond motifs is 1. The lowest BCUT2D eigenvalue weighted by molar-refractivity contribution is 0.283. The zero-order chi connectivity index (χ0) is 13.9. The van der Waals surface area contributed by atoms with E-state index >= 15 is 0 Å². The molecular formula is C16H20N2O2. The molecule has 0 atom stereocenters. The minimum absolute atomic E-state index is 0.157. The van der Waals surface area contributed by atoms with Gasteiger partial charge in [0, 0.05) is 24.2 Å². The number of pyridine rings is 1. The van der Waals surface area contributed by atoms with Crippen LogP contribution in [0.4, 0.5) is 5.82 Å². The first-order valence-electron chi connectivity index (χ1n) is 7.13. The molecule has 0 amide bonds. The van der Waals surface area contributed by atoms with E-state index in [0.717, 1.165) is 22.3 Å². The zero-order valence-corrected chi connectivity index (χ0v) is 11.7. The summed E-state index contributed by atoms with van der Waals surface area (Å²) in [5.41, 5.74) is 0. The molecule has 4 heteroatoms. The highest BCUT2D eigenvalue weighted by molar-refractivity contribution is 5.93. The zero-order valence-electron chi connectivity index (χ0n) is 11.7. The normalized spacial score (nSPS) is 15.1. The van der Waals surface area contributed by atoms with Gasteiger partial charge in [-0.25, -0.2) is 4.98 Å². The van der Waals surface area contributed by atoms with E-state index in [0.29, 0.717) is 12.6 Å². The smallest absolute Gasteiger partial charge is 0.136 e. The summed E-state index contributed by atoms with van der Waals surface area (Å²) in [7, 11) is 1.68. The van der Waals surface area contributed by atoms with Gasteiger partial charge in [-0.1, -0.05) is 0 Å². The van der Waals surface area contributed by atoms with Gasteiger partial charge < -0.3 is 14.7 Å². The van der Waals surface area contributed by atoms with Crippen molar-refractivity contribution < 1.29 is 9.84 Å². The second-order valence-corrected chi connectivity index (χ2v) is 5.22. The van der Waals surface area contributed by atoms with Crippen molar-refractivity contribution in [3.8, 4) is 5.75 Å². The first kappa shape index (κ1) is 13.2. The Labute approximate surface area is 119 Å². The van der Waals surface area contributed by atoms with E-state index in [1.54, 1.807) is 7.11 Å². The van der Waals surface area contributed by atoms with Gasteiger partial charge in [0.15, 0.2) is 0 Å². The number of nitrogens with zero attached hydrogens (tertiary/aromatic N) is 2. The van der Waals surface area contributed by atoms with Gasteiger partial charge in [-0.05, 0) is 48.9 Å². The van der Waals surface area contributed by atoms with E-state index < -0.39 is 0 Å². The number of ether oxygens (including phenoxy) is 1. The standard InChI is InChI=1S/C16H20N2O2/c1-20-14-5-6-15-12(11-14)7-8-17-16(15)18(9-10-19)13-3-2-4-13/h5-8,11,13,19H,2-4,9-10H2,1H3. The lowest BCUT2D eigenvalue weighted by Crippen LogP contribution is -2.42. The Balaban J connectivity index is 2.04. The molecule has 2 aromatic rings. The quantitative estimate of drug-likeness (QED) is 0.908. The molecule has 3 rings (SSSR count). The van der Waals surface area contributed by atoms with E-state index in [4.69, 9.17) is 4.74 Å². The van der Waals surface area contributed by atoms with Crippen LogP contribution in [0.1, 0.15) is 19.3 Å². The van der Waals surface area contributed by atoms with Crippen molar-refractivity contribution >= 4 is 16.6 Å². The second-order valence-electron chi connectivity index (χ2n) is 5.22. The maximum absolute atomic E-state index is 9.33. The van der Waals surface area contributed by atoms with Gasteiger partial charge in [0.25, 0.3) is 0 Å². The summed E-state index contributed by atoms with van der Waals surface area (Å²) < 4.78 is 5.28. The highest BCUT2D eigenvalue weighted by atomic mass is 16.5. The highest BCUT2D eigenvalue weighted by Crippen LogP contribution is 2.33. The lowest BCUT2D eigenvalue weighted by atomic mass is 9.91. The molecule has 0 saturated heterocycles. The van der Waals surface area contributed by atoms with Gasteiger partial charge in [-0.3, -0.25) is 0 Å². The van der Waals surface area contributed by atoms with Gasteiger partial charge in [-0.15, -0.1) is 0 Å². The summed E-state index contributed by atoms with van der Waals surface area (Å²) in [4.78, 5) is 6.81. The predicted molar refractivity (Wildman–Crippen MR) is 80.4 cm³/mol. The molecule has 0 spiro atoms. The number of benzene rings is 1. The van der Waals surface area contributed by atoms with Crippen molar-refractivity contribution in [2.45, 2.75) is 25.3 Å². The maximum atomic E-state index is 9.33. The summed E-state index contributed by atoms with van der Waals surface area (Å²) in [5, 5.41) is 11.6. The molecule has 1 aliphatic carbocycles. The number of aliphatic hydroxyl groups is 1. The number of anilines is 1. The van der Waals surface area contributed by atoms with E-state index in [-0.39, 0.29) is 6.61 Å². The van der Waals surface area contributed by atoms with Gasteiger partial charge in [0.05, 0.1) is 13.7 Å². The number of aromatic nitrogens is 1. The van der Waals surface area contributed by atoms with Crippen molar-refractivity contribution in [3.63, 3.8) is 0 Å². The molecule has 20 heavy (non-hydrogen) atoms. The summed E-state index contributed by atoms with van der Waals surface area (Å²) in [5.74, 6) is 1.83. The van der Waals surface area contributed by atoms with E-state index in [2.05, 4.69) is 16.0 Å². The van der Waals surface area contributed by atoms with Gasteiger partial charge in [0.2, 0.25) is 0 Å². The minimum Gasteiger partial charge on any atom is -0.497 e. The van der Waals surface area contributed by atoms with Crippen molar-refractivity contribution in [2.75, 3.05) is 25.2 Å².